The van der Waals surface area contributed by atoms with Crippen LogP contribution in [-0.2, 0) is 0 Å². The van der Waals surface area contributed by atoms with E-state index in [-0.39, 0.29) is 0 Å². The molecule has 0 unspecified atom stereocenters. The highest BCUT2D eigenvalue weighted by molar-refractivity contribution is 5.88. The van der Waals surface area contributed by atoms with Gasteiger partial charge in [0.1, 0.15) is 23.0 Å². The van der Waals surface area contributed by atoms with Crippen molar-refractivity contribution in [3.05, 3.63) is 54.9 Å². The Labute approximate surface area is 156 Å². The van der Waals surface area contributed by atoms with Crippen molar-refractivity contribution < 1.29 is 4.42 Å². The maximum atomic E-state index is 5.50. The highest BCUT2D eigenvalue weighted by Crippen LogP contribution is 2.27. The predicted octanol–water partition coefficient (Wildman–Crippen LogP) is 2.44. The summed E-state index contributed by atoms with van der Waals surface area (Å²) in [5, 5.41) is 5.33. The first-order valence-electron chi connectivity index (χ1n) is 8.96. The lowest BCUT2D eigenvalue weighted by atomic mass is 10.2. The molecule has 1 saturated heterocycles. The lowest BCUT2D eigenvalue weighted by Crippen LogP contribution is -2.47. The topological polar surface area (TPSA) is 76.1 Å². The number of furan rings is 1. The Hall–Kier alpha value is -3.42. The number of aromatic nitrogens is 5. The van der Waals surface area contributed by atoms with Gasteiger partial charge in [-0.05, 0) is 25.1 Å². The van der Waals surface area contributed by atoms with E-state index in [1.807, 2.05) is 37.4 Å². The molecule has 1 aliphatic heterocycles. The number of hydrogen-bond donors (Lipinski definition) is 0. The fourth-order valence-corrected chi connectivity index (χ4v) is 3.50. The minimum Gasteiger partial charge on any atom is -0.464 e. The molecule has 1 aliphatic rings. The summed E-state index contributed by atoms with van der Waals surface area (Å²) in [4.78, 5) is 18.3. The largest absolute Gasteiger partial charge is 0.464 e. The van der Waals surface area contributed by atoms with Gasteiger partial charge in [-0.15, -0.1) is 0 Å². The molecule has 0 bridgehead atoms. The number of rotatable bonds is 3. The highest BCUT2D eigenvalue weighted by atomic mass is 16.3. The van der Waals surface area contributed by atoms with Crippen molar-refractivity contribution in [2.24, 2.45) is 0 Å². The average Bonchev–Trinajstić information content (AvgIpc) is 3.39. The molecule has 1 fully saturated rings. The van der Waals surface area contributed by atoms with Crippen LogP contribution < -0.4 is 9.80 Å². The first kappa shape index (κ1) is 15.8. The first-order valence-corrected chi connectivity index (χ1v) is 8.96. The number of nitrogens with zero attached hydrogens (tertiary/aromatic N) is 7. The second-order valence-electron chi connectivity index (χ2n) is 6.52. The zero-order valence-electron chi connectivity index (χ0n) is 15.0. The van der Waals surface area contributed by atoms with Crippen LogP contribution in [0.4, 0.5) is 11.6 Å². The van der Waals surface area contributed by atoms with Crippen molar-refractivity contribution in [3.8, 4) is 5.82 Å². The van der Waals surface area contributed by atoms with Crippen molar-refractivity contribution in [2.45, 2.75) is 6.92 Å². The standard InChI is InChI=1S/C19H19N7O/c1-14-22-17(13-18(23-14)26-7-2-5-21-26)24-8-10-25(11-9-24)19-15-4-12-27-16(15)3-6-20-19/h2-7,12-13H,8-11H2,1H3. The van der Waals surface area contributed by atoms with E-state index in [9.17, 15) is 0 Å². The molecule has 0 spiro atoms. The van der Waals surface area contributed by atoms with E-state index in [0.29, 0.717) is 0 Å². The summed E-state index contributed by atoms with van der Waals surface area (Å²) < 4.78 is 7.26. The highest BCUT2D eigenvalue weighted by Gasteiger charge is 2.22. The number of fused-ring (bicyclic) bond motifs is 1. The number of piperazine rings is 1. The molecular formula is C19H19N7O. The van der Waals surface area contributed by atoms with Crippen LogP contribution in [0, 0.1) is 6.92 Å². The van der Waals surface area contributed by atoms with Crippen LogP contribution in [0.2, 0.25) is 0 Å². The number of hydrogen-bond acceptors (Lipinski definition) is 7. The molecule has 136 valence electrons. The Balaban J connectivity index is 1.37. The normalized spacial score (nSPS) is 14.9. The van der Waals surface area contributed by atoms with Gasteiger partial charge in [-0.2, -0.15) is 5.10 Å². The molecule has 5 rings (SSSR count). The summed E-state index contributed by atoms with van der Waals surface area (Å²) in [6.07, 6.45) is 7.16. The second-order valence-corrected chi connectivity index (χ2v) is 6.52. The summed E-state index contributed by atoms with van der Waals surface area (Å²) in [6.45, 7) is 5.39. The third kappa shape index (κ3) is 2.88. The molecule has 8 heteroatoms. The van der Waals surface area contributed by atoms with Crippen LogP contribution in [0.5, 0.6) is 0 Å². The lowest BCUT2D eigenvalue weighted by molar-refractivity contribution is 0.614. The van der Waals surface area contributed by atoms with Gasteiger partial charge in [-0.3, -0.25) is 0 Å². The Kier molecular flexibility index (Phi) is 3.74. The average molecular weight is 361 g/mol. The zero-order chi connectivity index (χ0) is 18.2. The Morgan fingerprint density at radius 3 is 2.59 bits per heavy atom. The summed E-state index contributed by atoms with van der Waals surface area (Å²) in [5.74, 6) is 3.44. The van der Waals surface area contributed by atoms with Gasteiger partial charge in [0, 0.05) is 50.8 Å². The van der Waals surface area contributed by atoms with Crippen molar-refractivity contribution in [2.75, 3.05) is 36.0 Å². The van der Waals surface area contributed by atoms with Gasteiger partial charge in [-0.25, -0.2) is 19.6 Å². The zero-order valence-corrected chi connectivity index (χ0v) is 15.0. The maximum absolute atomic E-state index is 5.50. The monoisotopic (exact) mass is 361 g/mol. The third-order valence-electron chi connectivity index (χ3n) is 4.81. The van der Waals surface area contributed by atoms with Crippen LogP contribution in [0.25, 0.3) is 16.8 Å². The third-order valence-corrected chi connectivity index (χ3v) is 4.81. The van der Waals surface area contributed by atoms with E-state index < -0.39 is 0 Å². The molecule has 4 aromatic heterocycles. The summed E-state index contributed by atoms with van der Waals surface area (Å²) >= 11 is 0. The molecule has 0 N–H and O–H groups in total. The molecule has 0 atom stereocenters. The lowest BCUT2D eigenvalue weighted by Gasteiger charge is -2.36. The molecule has 0 aliphatic carbocycles. The van der Waals surface area contributed by atoms with Gasteiger partial charge in [0.2, 0.25) is 0 Å². The van der Waals surface area contributed by atoms with Gasteiger partial charge in [0.25, 0.3) is 0 Å². The van der Waals surface area contributed by atoms with Crippen LogP contribution in [0.1, 0.15) is 5.82 Å². The van der Waals surface area contributed by atoms with E-state index in [1.165, 1.54) is 0 Å². The fraction of sp³-hybridized carbons (Fsp3) is 0.263. The Morgan fingerprint density at radius 1 is 0.963 bits per heavy atom. The SMILES string of the molecule is Cc1nc(N2CCN(c3nccc4occc34)CC2)cc(-n2cccn2)n1. The summed E-state index contributed by atoms with van der Waals surface area (Å²) in [5.41, 5.74) is 0.873. The maximum Gasteiger partial charge on any atom is 0.159 e. The molecule has 0 aromatic carbocycles. The van der Waals surface area contributed by atoms with Gasteiger partial charge in [-0.1, -0.05) is 0 Å². The molecule has 0 saturated carbocycles. The molecule has 0 amide bonds. The molecule has 8 nitrogen and oxygen atoms in total. The molecule has 27 heavy (non-hydrogen) atoms. The quantitative estimate of drug-likeness (QED) is 0.555. The van der Waals surface area contributed by atoms with Gasteiger partial charge >= 0.3 is 0 Å². The van der Waals surface area contributed by atoms with Crippen LogP contribution in [0.15, 0.2) is 53.5 Å². The van der Waals surface area contributed by atoms with Crippen molar-refractivity contribution in [3.63, 3.8) is 0 Å². The van der Waals surface area contributed by atoms with E-state index in [0.717, 1.165) is 60.4 Å². The van der Waals surface area contributed by atoms with E-state index in [2.05, 4.69) is 29.9 Å². The number of pyridine rings is 1. The summed E-state index contributed by atoms with van der Waals surface area (Å²) in [7, 11) is 0. The molecule has 0 radical (unpaired) electrons. The Morgan fingerprint density at radius 2 is 1.78 bits per heavy atom. The van der Waals surface area contributed by atoms with Crippen LogP contribution in [0.3, 0.4) is 0 Å². The van der Waals surface area contributed by atoms with Crippen molar-refractivity contribution >= 4 is 22.6 Å². The van der Waals surface area contributed by atoms with E-state index in [1.54, 1.807) is 23.3 Å². The van der Waals surface area contributed by atoms with Crippen LogP contribution in [-0.4, -0.2) is 50.9 Å². The Bertz CT molecular complexity index is 1060. The van der Waals surface area contributed by atoms with Crippen LogP contribution >= 0.6 is 0 Å². The molecule has 5 heterocycles. The smallest absolute Gasteiger partial charge is 0.159 e. The van der Waals surface area contributed by atoms with Gasteiger partial charge in [0.15, 0.2) is 5.82 Å². The fourth-order valence-electron chi connectivity index (χ4n) is 3.50. The van der Waals surface area contributed by atoms with Crippen molar-refractivity contribution in [1.29, 1.82) is 0 Å². The van der Waals surface area contributed by atoms with E-state index >= 15 is 0 Å². The molecular weight excluding hydrogens is 342 g/mol. The number of anilines is 2. The van der Waals surface area contributed by atoms with Crippen molar-refractivity contribution in [1.82, 2.24) is 24.7 Å². The van der Waals surface area contributed by atoms with Gasteiger partial charge in [0.05, 0.1) is 11.6 Å². The predicted molar refractivity (Wildman–Crippen MR) is 102 cm³/mol. The minimum atomic E-state index is 0.741. The second kappa shape index (κ2) is 6.39. The summed E-state index contributed by atoms with van der Waals surface area (Å²) in [6, 6.07) is 7.76. The van der Waals surface area contributed by atoms with Gasteiger partial charge < -0.3 is 14.2 Å². The van der Waals surface area contributed by atoms with E-state index in [4.69, 9.17) is 4.42 Å². The minimum absolute atomic E-state index is 0.741. The number of aryl methyl sites for hydroxylation is 1. The molecule has 4 aromatic rings. The first-order chi connectivity index (χ1) is 13.3.